The van der Waals surface area contributed by atoms with Crippen LogP contribution < -0.4 is 0 Å². The van der Waals surface area contributed by atoms with Crippen LogP contribution in [-0.4, -0.2) is 37.7 Å². The molecule has 0 amide bonds. The molecule has 1 aromatic carbocycles. The lowest BCUT2D eigenvalue weighted by Gasteiger charge is -2.32. The number of hydrogen-bond donors (Lipinski definition) is 0. The first-order valence-electron chi connectivity index (χ1n) is 8.82. The van der Waals surface area contributed by atoms with E-state index in [0.29, 0.717) is 5.92 Å². The monoisotopic (exact) mass is 353 g/mol. The largest absolute Gasteiger partial charge is 0.313 e. The van der Waals surface area contributed by atoms with Crippen LogP contribution in [0, 0.1) is 6.92 Å². The Labute approximate surface area is 152 Å². The Kier molecular flexibility index (Phi) is 4.90. The second kappa shape index (κ2) is 7.45. The molecule has 0 radical (unpaired) electrons. The van der Waals surface area contributed by atoms with Gasteiger partial charge >= 0.3 is 0 Å². The number of rotatable bonds is 5. The van der Waals surface area contributed by atoms with Gasteiger partial charge < -0.3 is 4.57 Å². The summed E-state index contributed by atoms with van der Waals surface area (Å²) < 4.78 is 2.21. The molecule has 5 nitrogen and oxygen atoms in total. The van der Waals surface area contributed by atoms with Crippen molar-refractivity contribution in [3.05, 3.63) is 64.1 Å². The van der Waals surface area contributed by atoms with E-state index in [0.717, 1.165) is 32.0 Å². The highest BCUT2D eigenvalue weighted by molar-refractivity contribution is 7.09. The maximum atomic E-state index is 4.46. The Bertz CT molecular complexity index is 810. The average molecular weight is 353 g/mol. The van der Waals surface area contributed by atoms with Gasteiger partial charge in [-0.25, -0.2) is 4.98 Å². The van der Waals surface area contributed by atoms with Crippen molar-refractivity contribution in [3.8, 4) is 0 Å². The van der Waals surface area contributed by atoms with Gasteiger partial charge in [0, 0.05) is 23.9 Å². The number of nitrogens with zero attached hydrogens (tertiary/aromatic N) is 5. The summed E-state index contributed by atoms with van der Waals surface area (Å²) in [6.07, 6.45) is 4.26. The molecule has 0 spiro atoms. The molecule has 4 rings (SSSR count). The summed E-state index contributed by atoms with van der Waals surface area (Å²) in [6, 6.07) is 10.5. The fraction of sp³-hybridized carbons (Fsp3) is 0.421. The average Bonchev–Trinajstić information content (AvgIpc) is 3.26. The van der Waals surface area contributed by atoms with Crippen molar-refractivity contribution < 1.29 is 0 Å². The van der Waals surface area contributed by atoms with Crippen molar-refractivity contribution >= 4 is 11.3 Å². The predicted molar refractivity (Wildman–Crippen MR) is 99.7 cm³/mol. The molecular formula is C19H23N5S. The van der Waals surface area contributed by atoms with Gasteiger partial charge in [-0.05, 0) is 31.9 Å². The van der Waals surface area contributed by atoms with Gasteiger partial charge in [-0.1, -0.05) is 30.3 Å². The zero-order valence-electron chi connectivity index (χ0n) is 14.5. The van der Waals surface area contributed by atoms with Crippen molar-refractivity contribution in [1.82, 2.24) is 24.6 Å². The standard InChI is InChI=1S/C19H23N5S/c1-15-18(25-14-20-15)12-23-9-5-8-17(11-23)19-22-21-13-24(19)10-16-6-3-2-4-7-16/h2-4,6-7,13-14,17H,5,8-12H2,1H3. The summed E-state index contributed by atoms with van der Waals surface area (Å²) in [5.74, 6) is 1.57. The van der Waals surface area contributed by atoms with Gasteiger partial charge in [0.05, 0.1) is 17.7 Å². The summed E-state index contributed by atoms with van der Waals surface area (Å²) in [7, 11) is 0. The van der Waals surface area contributed by atoms with E-state index in [1.54, 1.807) is 11.3 Å². The molecule has 0 N–H and O–H groups in total. The SMILES string of the molecule is Cc1ncsc1CN1CCCC(c2nncn2Cc2ccccc2)C1. The zero-order chi connectivity index (χ0) is 17.1. The second-order valence-electron chi connectivity index (χ2n) is 6.74. The molecule has 0 aliphatic carbocycles. The summed E-state index contributed by atoms with van der Waals surface area (Å²) in [5.41, 5.74) is 4.40. The maximum absolute atomic E-state index is 4.46. The highest BCUT2D eigenvalue weighted by Gasteiger charge is 2.26. The highest BCUT2D eigenvalue weighted by Crippen LogP contribution is 2.27. The third-order valence-electron chi connectivity index (χ3n) is 4.92. The van der Waals surface area contributed by atoms with Crippen LogP contribution in [0.5, 0.6) is 0 Å². The number of likely N-dealkylation sites (tertiary alicyclic amines) is 1. The van der Waals surface area contributed by atoms with Gasteiger partial charge in [0.2, 0.25) is 0 Å². The van der Waals surface area contributed by atoms with Gasteiger partial charge in [0.15, 0.2) is 0 Å². The molecule has 1 saturated heterocycles. The molecule has 1 fully saturated rings. The normalized spacial score (nSPS) is 18.5. The zero-order valence-corrected chi connectivity index (χ0v) is 15.3. The fourth-order valence-electron chi connectivity index (χ4n) is 3.57. The van der Waals surface area contributed by atoms with Gasteiger partial charge in [-0.3, -0.25) is 4.90 Å². The fourth-order valence-corrected chi connectivity index (χ4v) is 4.39. The molecule has 25 heavy (non-hydrogen) atoms. The quantitative estimate of drug-likeness (QED) is 0.705. The van der Waals surface area contributed by atoms with Crippen molar-refractivity contribution in [1.29, 1.82) is 0 Å². The van der Waals surface area contributed by atoms with E-state index in [9.17, 15) is 0 Å². The van der Waals surface area contributed by atoms with Crippen molar-refractivity contribution in [2.75, 3.05) is 13.1 Å². The Morgan fingerprint density at radius 3 is 2.88 bits per heavy atom. The second-order valence-corrected chi connectivity index (χ2v) is 7.68. The first-order valence-corrected chi connectivity index (χ1v) is 9.70. The number of aromatic nitrogens is 4. The Morgan fingerprint density at radius 2 is 2.08 bits per heavy atom. The smallest absolute Gasteiger partial charge is 0.137 e. The topological polar surface area (TPSA) is 46.8 Å². The van der Waals surface area contributed by atoms with E-state index >= 15 is 0 Å². The van der Waals surface area contributed by atoms with Crippen molar-refractivity contribution in [2.24, 2.45) is 0 Å². The molecule has 0 saturated carbocycles. The minimum absolute atomic E-state index is 0.452. The minimum atomic E-state index is 0.452. The third kappa shape index (κ3) is 3.80. The van der Waals surface area contributed by atoms with Gasteiger partial charge in [0.25, 0.3) is 0 Å². The van der Waals surface area contributed by atoms with E-state index in [1.807, 2.05) is 11.8 Å². The summed E-state index contributed by atoms with van der Waals surface area (Å²) in [4.78, 5) is 8.30. The summed E-state index contributed by atoms with van der Waals surface area (Å²) in [6.45, 7) is 6.14. The molecule has 3 aromatic rings. The number of piperidine rings is 1. The van der Waals surface area contributed by atoms with Crippen LogP contribution in [0.25, 0.3) is 0 Å². The van der Waals surface area contributed by atoms with Crippen LogP contribution in [-0.2, 0) is 13.1 Å². The first kappa shape index (κ1) is 16.4. The van der Waals surface area contributed by atoms with E-state index in [-0.39, 0.29) is 0 Å². The van der Waals surface area contributed by atoms with Gasteiger partial charge in [-0.2, -0.15) is 0 Å². The molecule has 0 bridgehead atoms. The molecule has 6 heteroatoms. The molecule has 130 valence electrons. The number of benzene rings is 1. The molecule has 3 heterocycles. The third-order valence-corrected chi connectivity index (χ3v) is 5.84. The number of thiazole rings is 1. The van der Waals surface area contributed by atoms with Crippen molar-refractivity contribution in [3.63, 3.8) is 0 Å². The Morgan fingerprint density at radius 1 is 1.20 bits per heavy atom. The number of aryl methyl sites for hydroxylation is 1. The Balaban J connectivity index is 1.47. The Hall–Kier alpha value is -2.05. The molecular weight excluding hydrogens is 330 g/mol. The van der Waals surface area contributed by atoms with Crippen LogP contribution in [0.1, 0.15) is 40.7 Å². The van der Waals surface area contributed by atoms with Crippen LogP contribution in [0.3, 0.4) is 0 Å². The van der Waals surface area contributed by atoms with Crippen LogP contribution >= 0.6 is 11.3 Å². The van der Waals surface area contributed by atoms with E-state index in [2.05, 4.69) is 61.9 Å². The van der Waals surface area contributed by atoms with Crippen molar-refractivity contribution in [2.45, 2.75) is 38.8 Å². The van der Waals surface area contributed by atoms with Crippen LogP contribution in [0.4, 0.5) is 0 Å². The highest BCUT2D eigenvalue weighted by atomic mass is 32.1. The molecule has 1 aliphatic heterocycles. The lowest BCUT2D eigenvalue weighted by atomic mass is 9.97. The maximum Gasteiger partial charge on any atom is 0.137 e. The molecule has 1 unspecified atom stereocenters. The minimum Gasteiger partial charge on any atom is -0.313 e. The molecule has 1 aliphatic rings. The van der Waals surface area contributed by atoms with Crippen LogP contribution in [0.15, 0.2) is 42.2 Å². The first-order chi connectivity index (χ1) is 12.3. The molecule has 1 atom stereocenters. The van der Waals surface area contributed by atoms with E-state index in [1.165, 1.54) is 29.0 Å². The number of hydrogen-bond acceptors (Lipinski definition) is 5. The summed E-state index contributed by atoms with van der Waals surface area (Å²) in [5, 5.41) is 8.66. The van der Waals surface area contributed by atoms with E-state index < -0.39 is 0 Å². The lowest BCUT2D eigenvalue weighted by molar-refractivity contribution is 0.196. The lowest BCUT2D eigenvalue weighted by Crippen LogP contribution is -2.35. The van der Waals surface area contributed by atoms with E-state index in [4.69, 9.17) is 0 Å². The predicted octanol–water partition coefficient (Wildman–Crippen LogP) is 3.47. The van der Waals surface area contributed by atoms with Crippen LogP contribution in [0.2, 0.25) is 0 Å². The van der Waals surface area contributed by atoms with Gasteiger partial charge in [0.1, 0.15) is 12.2 Å². The van der Waals surface area contributed by atoms with Gasteiger partial charge in [-0.15, -0.1) is 21.5 Å². The summed E-state index contributed by atoms with van der Waals surface area (Å²) >= 11 is 1.76. The molecule has 2 aromatic heterocycles.